The molecular formula is C24H22Cl2N4O2. The predicted molar refractivity (Wildman–Crippen MR) is 125 cm³/mol. The fourth-order valence-electron chi connectivity index (χ4n) is 4.09. The van der Waals surface area contributed by atoms with Crippen molar-refractivity contribution in [1.82, 2.24) is 9.88 Å². The second-order valence-corrected chi connectivity index (χ2v) is 8.70. The van der Waals surface area contributed by atoms with Crippen molar-refractivity contribution in [2.45, 2.75) is 32.4 Å². The maximum absolute atomic E-state index is 13.2. The van der Waals surface area contributed by atoms with Crippen molar-refractivity contribution in [3.8, 4) is 11.8 Å². The van der Waals surface area contributed by atoms with Gasteiger partial charge in [-0.25, -0.2) is 0 Å². The zero-order valence-electron chi connectivity index (χ0n) is 17.8. The van der Waals surface area contributed by atoms with Gasteiger partial charge in [0.1, 0.15) is 5.75 Å². The molecule has 0 fully saturated rings. The van der Waals surface area contributed by atoms with Gasteiger partial charge in [-0.1, -0.05) is 23.2 Å². The lowest BCUT2D eigenvalue weighted by atomic mass is 9.97. The highest BCUT2D eigenvalue weighted by molar-refractivity contribution is 6.36. The topological polar surface area (TPSA) is 92.2 Å². The summed E-state index contributed by atoms with van der Waals surface area (Å²) in [7, 11) is 1.54. The van der Waals surface area contributed by atoms with E-state index in [9.17, 15) is 10.1 Å². The summed E-state index contributed by atoms with van der Waals surface area (Å²) in [6.45, 7) is 2.77. The van der Waals surface area contributed by atoms with Crippen molar-refractivity contribution >= 4 is 40.0 Å². The number of pyridine rings is 1. The highest BCUT2D eigenvalue weighted by Crippen LogP contribution is 2.34. The molecule has 2 heterocycles. The van der Waals surface area contributed by atoms with E-state index in [1.807, 2.05) is 6.92 Å². The van der Waals surface area contributed by atoms with Crippen LogP contribution < -0.4 is 10.5 Å². The SMILES string of the molecule is COc1cc(CC(=O)N2CCc3nc4ccc(C#N)cc4c(Cl)c3C2)c(C(C)N)cc1Cl. The average Bonchev–Trinajstić information content (AvgIpc) is 2.79. The third-order valence-electron chi connectivity index (χ3n) is 5.80. The minimum Gasteiger partial charge on any atom is -0.495 e. The Balaban J connectivity index is 1.63. The summed E-state index contributed by atoms with van der Waals surface area (Å²) in [5, 5.41) is 10.9. The molecule has 1 atom stereocenters. The molecule has 0 radical (unpaired) electrons. The Hall–Kier alpha value is -2.85. The molecule has 1 unspecified atom stereocenters. The molecule has 2 N–H and O–H groups in total. The van der Waals surface area contributed by atoms with Crippen LogP contribution >= 0.6 is 23.2 Å². The summed E-state index contributed by atoms with van der Waals surface area (Å²) in [5.74, 6) is 0.471. The van der Waals surface area contributed by atoms with Crippen LogP contribution in [0.2, 0.25) is 10.0 Å². The number of methoxy groups -OCH3 is 1. The zero-order valence-corrected chi connectivity index (χ0v) is 19.3. The Kier molecular flexibility index (Phi) is 6.25. The molecule has 0 aliphatic carbocycles. The van der Waals surface area contributed by atoms with Gasteiger partial charge < -0.3 is 15.4 Å². The Morgan fingerprint density at radius 3 is 2.81 bits per heavy atom. The van der Waals surface area contributed by atoms with Crippen LogP contribution in [0.5, 0.6) is 5.75 Å². The smallest absolute Gasteiger partial charge is 0.227 e. The molecule has 2 aromatic carbocycles. The van der Waals surface area contributed by atoms with Gasteiger partial charge in [-0.3, -0.25) is 9.78 Å². The molecule has 0 bridgehead atoms. The summed E-state index contributed by atoms with van der Waals surface area (Å²) < 4.78 is 5.32. The van der Waals surface area contributed by atoms with Crippen molar-refractivity contribution in [3.63, 3.8) is 0 Å². The Morgan fingerprint density at radius 1 is 1.34 bits per heavy atom. The summed E-state index contributed by atoms with van der Waals surface area (Å²) in [5.41, 5.74) is 10.7. The number of halogens is 2. The van der Waals surface area contributed by atoms with Crippen molar-refractivity contribution < 1.29 is 9.53 Å². The van der Waals surface area contributed by atoms with Gasteiger partial charge in [-0.15, -0.1) is 0 Å². The maximum atomic E-state index is 13.2. The maximum Gasteiger partial charge on any atom is 0.227 e. The second kappa shape index (κ2) is 8.95. The first kappa shape index (κ1) is 22.3. The quantitative estimate of drug-likeness (QED) is 0.605. The number of nitrogens with zero attached hydrogens (tertiary/aromatic N) is 3. The first-order valence-electron chi connectivity index (χ1n) is 10.2. The number of hydrogen-bond acceptors (Lipinski definition) is 5. The number of carbonyl (C=O) groups is 1. The van der Waals surface area contributed by atoms with Crippen molar-refractivity contribution in [3.05, 3.63) is 68.3 Å². The van der Waals surface area contributed by atoms with Crippen molar-refractivity contribution in [1.29, 1.82) is 5.26 Å². The first-order valence-corrected chi connectivity index (χ1v) is 11.0. The normalized spacial score (nSPS) is 14.1. The minimum atomic E-state index is -0.275. The number of nitrogens with two attached hydrogens (primary N) is 1. The van der Waals surface area contributed by atoms with Crippen molar-refractivity contribution in [2.24, 2.45) is 5.73 Å². The van der Waals surface area contributed by atoms with E-state index in [1.54, 1.807) is 35.2 Å². The highest BCUT2D eigenvalue weighted by Gasteiger charge is 2.26. The van der Waals surface area contributed by atoms with E-state index in [0.717, 1.165) is 33.3 Å². The van der Waals surface area contributed by atoms with Crippen LogP contribution in [0.4, 0.5) is 0 Å². The van der Waals surface area contributed by atoms with E-state index >= 15 is 0 Å². The van der Waals surface area contributed by atoms with Crippen LogP contribution in [0.3, 0.4) is 0 Å². The number of benzene rings is 2. The molecule has 0 spiro atoms. The molecule has 1 aliphatic heterocycles. The summed E-state index contributed by atoms with van der Waals surface area (Å²) in [4.78, 5) is 19.7. The van der Waals surface area contributed by atoms with Gasteiger partial charge in [-0.2, -0.15) is 5.26 Å². The molecule has 4 rings (SSSR count). The number of aromatic nitrogens is 1. The lowest BCUT2D eigenvalue weighted by Gasteiger charge is -2.30. The number of hydrogen-bond donors (Lipinski definition) is 1. The van der Waals surface area contributed by atoms with E-state index in [2.05, 4.69) is 6.07 Å². The Morgan fingerprint density at radius 2 is 2.12 bits per heavy atom. The Labute approximate surface area is 196 Å². The van der Waals surface area contributed by atoms with Gasteiger partial charge in [0, 0.05) is 42.2 Å². The second-order valence-electron chi connectivity index (χ2n) is 7.91. The molecule has 32 heavy (non-hydrogen) atoms. The minimum absolute atomic E-state index is 0.0381. The third kappa shape index (κ3) is 4.12. The molecule has 1 aliphatic rings. The van der Waals surface area contributed by atoms with E-state index in [0.29, 0.717) is 40.9 Å². The molecule has 0 saturated heterocycles. The molecule has 8 heteroatoms. The zero-order chi connectivity index (χ0) is 23.0. The fraction of sp³-hybridized carbons (Fsp3) is 0.292. The average molecular weight is 469 g/mol. The lowest BCUT2D eigenvalue weighted by molar-refractivity contribution is -0.131. The predicted octanol–water partition coefficient (Wildman–Crippen LogP) is 4.57. The van der Waals surface area contributed by atoms with Gasteiger partial charge in [-0.05, 0) is 48.4 Å². The number of amides is 1. The highest BCUT2D eigenvalue weighted by atomic mass is 35.5. The largest absolute Gasteiger partial charge is 0.495 e. The molecule has 3 aromatic rings. The van der Waals surface area contributed by atoms with Crippen LogP contribution in [0.25, 0.3) is 10.9 Å². The van der Waals surface area contributed by atoms with Crippen LogP contribution in [-0.2, 0) is 24.2 Å². The van der Waals surface area contributed by atoms with Crippen LogP contribution in [0.15, 0.2) is 30.3 Å². The molecule has 0 saturated carbocycles. The molecule has 164 valence electrons. The first-order chi connectivity index (χ1) is 15.3. The van der Waals surface area contributed by atoms with Crippen molar-refractivity contribution in [2.75, 3.05) is 13.7 Å². The van der Waals surface area contributed by atoms with E-state index in [1.165, 1.54) is 7.11 Å². The molecular weight excluding hydrogens is 447 g/mol. The molecule has 1 aromatic heterocycles. The van der Waals surface area contributed by atoms with Gasteiger partial charge in [0.15, 0.2) is 0 Å². The van der Waals surface area contributed by atoms with E-state index < -0.39 is 0 Å². The number of ether oxygens (including phenoxy) is 1. The van der Waals surface area contributed by atoms with E-state index in [4.69, 9.17) is 38.7 Å². The molecule has 1 amide bonds. The van der Waals surface area contributed by atoms with Gasteiger partial charge in [0.2, 0.25) is 5.91 Å². The summed E-state index contributed by atoms with van der Waals surface area (Å²) in [6, 6.07) is 10.7. The van der Waals surface area contributed by atoms with Gasteiger partial charge in [0.25, 0.3) is 0 Å². The number of carbonyl (C=O) groups excluding carboxylic acids is 1. The summed E-state index contributed by atoms with van der Waals surface area (Å²) >= 11 is 13.0. The van der Waals surface area contributed by atoms with Gasteiger partial charge >= 0.3 is 0 Å². The third-order valence-corrected chi connectivity index (χ3v) is 6.52. The lowest BCUT2D eigenvalue weighted by Crippen LogP contribution is -2.37. The number of fused-ring (bicyclic) bond motifs is 2. The number of nitriles is 1. The summed E-state index contributed by atoms with van der Waals surface area (Å²) in [6.07, 6.45) is 0.789. The van der Waals surface area contributed by atoms with E-state index in [-0.39, 0.29) is 18.4 Å². The number of rotatable bonds is 4. The van der Waals surface area contributed by atoms with Crippen LogP contribution in [0, 0.1) is 11.3 Å². The van der Waals surface area contributed by atoms with Crippen LogP contribution in [-0.4, -0.2) is 29.4 Å². The monoisotopic (exact) mass is 468 g/mol. The fourth-order valence-corrected chi connectivity index (χ4v) is 4.66. The Bertz CT molecular complexity index is 1270. The van der Waals surface area contributed by atoms with Gasteiger partial charge in [0.05, 0.1) is 40.7 Å². The standard InChI is InChI=1S/C24H22Cl2N4O2/c1-13(28)16-10-19(25)22(32-2)8-15(16)9-23(31)30-6-5-21-18(12-30)24(26)17-7-14(11-27)3-4-20(17)29-21/h3-4,7-8,10,13H,5-6,9,12,28H2,1-2H3. The molecule has 6 nitrogen and oxygen atoms in total. The van der Waals surface area contributed by atoms with Crippen LogP contribution in [0.1, 0.15) is 40.9 Å².